The second kappa shape index (κ2) is 14.1. The van der Waals surface area contributed by atoms with Crippen LogP contribution in [0.2, 0.25) is 0 Å². The first-order chi connectivity index (χ1) is 20.7. The van der Waals surface area contributed by atoms with Crippen LogP contribution in [0.15, 0.2) is 53.7 Å². The minimum absolute atomic E-state index is 0.0124. The van der Waals surface area contributed by atoms with Gasteiger partial charge in [-0.15, -0.1) is 0 Å². The van der Waals surface area contributed by atoms with Crippen LogP contribution >= 0.6 is 0 Å². The average molecular weight is 603 g/mol. The van der Waals surface area contributed by atoms with E-state index in [1.807, 2.05) is 0 Å². The summed E-state index contributed by atoms with van der Waals surface area (Å²) in [6, 6.07) is 5.86. The van der Waals surface area contributed by atoms with Crippen LogP contribution in [0.4, 0.5) is 24.1 Å². The number of piperidine rings is 1. The lowest BCUT2D eigenvalue weighted by molar-refractivity contribution is -0.385. The largest absolute Gasteiger partial charge is 0.466 e. The molecule has 43 heavy (non-hydrogen) atoms. The number of hydrogen-bond donors (Lipinski definition) is 4. The van der Waals surface area contributed by atoms with Gasteiger partial charge in [-0.1, -0.05) is 24.3 Å². The number of ether oxygens (including phenoxy) is 2. The van der Waals surface area contributed by atoms with Crippen molar-refractivity contribution in [3.63, 3.8) is 0 Å². The number of nitrogens with zero attached hydrogens (tertiary/aromatic N) is 2. The summed E-state index contributed by atoms with van der Waals surface area (Å²) in [4.78, 5) is 51.0. The van der Waals surface area contributed by atoms with Gasteiger partial charge in [0, 0.05) is 43.9 Å². The molecule has 2 unspecified atom stereocenters. The van der Waals surface area contributed by atoms with Gasteiger partial charge in [0.15, 0.2) is 11.6 Å². The van der Waals surface area contributed by atoms with Crippen molar-refractivity contribution in [1.82, 2.24) is 26.2 Å². The van der Waals surface area contributed by atoms with Crippen molar-refractivity contribution in [2.24, 2.45) is 0 Å². The zero-order valence-corrected chi connectivity index (χ0v) is 23.5. The molecule has 1 saturated heterocycles. The molecule has 1 fully saturated rings. The van der Waals surface area contributed by atoms with E-state index in [9.17, 15) is 33.3 Å². The predicted molar refractivity (Wildman–Crippen MR) is 149 cm³/mol. The molecule has 13 nitrogen and oxygen atoms in total. The van der Waals surface area contributed by atoms with Crippen molar-refractivity contribution in [2.75, 3.05) is 40.5 Å². The molecule has 0 saturated carbocycles. The lowest BCUT2D eigenvalue weighted by Gasteiger charge is -2.36. The fourth-order valence-electron chi connectivity index (χ4n) is 5.30. The standard InChI is InChI=1S/C28H32F2N6O7/c1-42-15-22-24(26(37)43-2)25(16-7-8-19(29)20(30)13-16)35(28(39)34-22)27(38)33-12-11-31-17-9-10-32-21(14-17)18-5-3-4-6-23(18)36(40)41/h3-8,13,17,21,25,31-32H,9-12,14-15H2,1-2H3,(H,33,38)(H,34,39)/t17?,21?,25-/m0/s1. The van der Waals surface area contributed by atoms with Crippen LogP contribution in [-0.2, 0) is 14.3 Å². The molecule has 0 aromatic heterocycles. The van der Waals surface area contributed by atoms with Gasteiger partial charge in [0.25, 0.3) is 5.69 Å². The Hall–Kier alpha value is -4.47. The third kappa shape index (κ3) is 7.13. The Balaban J connectivity index is 1.46. The van der Waals surface area contributed by atoms with Crippen LogP contribution in [0.25, 0.3) is 0 Å². The molecular formula is C28H32F2N6O7. The molecular weight excluding hydrogens is 570 g/mol. The number of halogens is 2. The number of methoxy groups -OCH3 is 2. The van der Waals surface area contributed by atoms with Gasteiger partial charge in [0.05, 0.1) is 29.9 Å². The van der Waals surface area contributed by atoms with E-state index in [2.05, 4.69) is 21.3 Å². The summed E-state index contributed by atoms with van der Waals surface area (Å²) in [5, 5.41) is 23.2. The summed E-state index contributed by atoms with van der Waals surface area (Å²) in [6.07, 6.45) is 1.31. The highest BCUT2D eigenvalue weighted by molar-refractivity contribution is 6.01. The number of benzene rings is 2. The third-order valence-corrected chi connectivity index (χ3v) is 7.25. The molecule has 2 aromatic rings. The van der Waals surface area contributed by atoms with Gasteiger partial charge in [-0.05, 0) is 37.1 Å². The highest BCUT2D eigenvalue weighted by Gasteiger charge is 2.43. The van der Waals surface area contributed by atoms with Crippen molar-refractivity contribution >= 4 is 23.7 Å². The van der Waals surface area contributed by atoms with Crippen LogP contribution in [-0.4, -0.2) is 74.4 Å². The van der Waals surface area contributed by atoms with Crippen molar-refractivity contribution in [2.45, 2.75) is 31.0 Å². The van der Waals surface area contributed by atoms with E-state index in [1.54, 1.807) is 18.2 Å². The molecule has 2 aliphatic heterocycles. The number of urea groups is 2. The summed E-state index contributed by atoms with van der Waals surface area (Å²) in [5.74, 6) is -3.28. The summed E-state index contributed by atoms with van der Waals surface area (Å²) in [5.41, 5.74) is 0.427. The molecule has 4 rings (SSSR count). The van der Waals surface area contributed by atoms with Crippen LogP contribution < -0.4 is 21.3 Å². The molecule has 0 aliphatic carbocycles. The Bertz CT molecular complexity index is 1420. The van der Waals surface area contributed by atoms with Crippen molar-refractivity contribution < 1.29 is 37.6 Å². The van der Waals surface area contributed by atoms with Gasteiger partial charge >= 0.3 is 18.0 Å². The lowest BCUT2D eigenvalue weighted by Crippen LogP contribution is -2.56. The molecule has 0 spiro atoms. The predicted octanol–water partition coefficient (Wildman–Crippen LogP) is 2.81. The average Bonchev–Trinajstić information content (AvgIpc) is 3.00. The van der Waals surface area contributed by atoms with E-state index in [0.717, 1.165) is 25.7 Å². The van der Waals surface area contributed by atoms with Gasteiger partial charge in [-0.2, -0.15) is 0 Å². The van der Waals surface area contributed by atoms with Crippen molar-refractivity contribution in [3.8, 4) is 0 Å². The minimum atomic E-state index is -1.44. The first-order valence-corrected chi connectivity index (χ1v) is 13.5. The number of carbonyl (C=O) groups is 3. The Labute approximate surface area is 245 Å². The Kier molecular flexibility index (Phi) is 10.3. The summed E-state index contributed by atoms with van der Waals surface area (Å²) in [6.45, 7) is 0.755. The Morgan fingerprint density at radius 2 is 1.91 bits per heavy atom. The number of hydrogen-bond acceptors (Lipinski definition) is 9. The highest BCUT2D eigenvalue weighted by atomic mass is 19.2. The fraction of sp³-hybridized carbons (Fsp3) is 0.393. The molecule has 2 aromatic carbocycles. The number of imide groups is 1. The number of amides is 4. The van der Waals surface area contributed by atoms with Crippen LogP contribution in [0, 0.1) is 21.7 Å². The van der Waals surface area contributed by atoms with E-state index >= 15 is 0 Å². The fourth-order valence-corrected chi connectivity index (χ4v) is 5.30. The zero-order chi connectivity index (χ0) is 31.1. The molecule has 2 aliphatic rings. The van der Waals surface area contributed by atoms with E-state index in [4.69, 9.17) is 9.47 Å². The number of rotatable bonds is 10. The van der Waals surface area contributed by atoms with E-state index in [0.29, 0.717) is 30.0 Å². The summed E-state index contributed by atoms with van der Waals surface area (Å²) < 4.78 is 37.9. The van der Waals surface area contributed by atoms with Gasteiger partial charge in [-0.25, -0.2) is 28.1 Å². The van der Waals surface area contributed by atoms with E-state index in [1.165, 1.54) is 19.2 Å². The third-order valence-electron chi connectivity index (χ3n) is 7.25. The molecule has 3 atom stereocenters. The minimum Gasteiger partial charge on any atom is -0.466 e. The summed E-state index contributed by atoms with van der Waals surface area (Å²) >= 11 is 0. The molecule has 4 amide bonds. The van der Waals surface area contributed by atoms with Crippen molar-refractivity contribution in [3.05, 3.63) is 86.6 Å². The van der Waals surface area contributed by atoms with E-state index < -0.39 is 40.6 Å². The molecule has 0 bridgehead atoms. The molecule has 4 N–H and O–H groups in total. The SMILES string of the molecule is COCC1=C(C(=O)OC)[C@H](c2ccc(F)c(F)c2)N(C(=O)NCCNC2CCNC(c3ccccc3[N+](=O)[O-])C2)C(=O)N1. The summed E-state index contributed by atoms with van der Waals surface area (Å²) in [7, 11) is 2.44. The maximum Gasteiger partial charge on any atom is 0.338 e. The second-order valence-electron chi connectivity index (χ2n) is 9.92. The smallest absolute Gasteiger partial charge is 0.338 e. The quantitative estimate of drug-likeness (QED) is 0.139. The Morgan fingerprint density at radius 3 is 2.60 bits per heavy atom. The molecule has 230 valence electrons. The number of carbonyl (C=O) groups excluding carboxylic acids is 3. The molecule has 15 heteroatoms. The maximum absolute atomic E-state index is 14.2. The second-order valence-corrected chi connectivity index (χ2v) is 9.92. The first kappa shape index (κ1) is 31.5. The van der Waals surface area contributed by atoms with Gasteiger partial charge in [0.1, 0.15) is 6.04 Å². The maximum atomic E-state index is 14.2. The van der Waals surface area contributed by atoms with Gasteiger partial charge < -0.3 is 30.7 Å². The monoisotopic (exact) mass is 602 g/mol. The zero-order valence-electron chi connectivity index (χ0n) is 23.5. The lowest BCUT2D eigenvalue weighted by atomic mass is 9.93. The number of nitro benzene ring substituents is 1. The number of nitro groups is 1. The van der Waals surface area contributed by atoms with Crippen molar-refractivity contribution in [1.29, 1.82) is 0 Å². The van der Waals surface area contributed by atoms with Crippen LogP contribution in [0.5, 0.6) is 0 Å². The number of para-hydroxylation sites is 1. The van der Waals surface area contributed by atoms with E-state index in [-0.39, 0.29) is 47.8 Å². The van der Waals surface area contributed by atoms with Crippen LogP contribution in [0.1, 0.15) is 36.1 Å². The number of nitrogens with one attached hydrogen (secondary N) is 4. The van der Waals surface area contributed by atoms with Gasteiger partial charge in [-0.3, -0.25) is 10.1 Å². The first-order valence-electron chi connectivity index (χ1n) is 13.5. The van der Waals surface area contributed by atoms with Gasteiger partial charge in [0.2, 0.25) is 0 Å². The molecule has 0 radical (unpaired) electrons. The highest BCUT2D eigenvalue weighted by Crippen LogP contribution is 2.35. The normalized spacial score (nSPS) is 20.4. The Morgan fingerprint density at radius 1 is 1.14 bits per heavy atom. The topological polar surface area (TPSA) is 164 Å². The number of esters is 1. The molecule has 2 heterocycles. The van der Waals surface area contributed by atoms with Crippen LogP contribution in [0.3, 0.4) is 0 Å².